The summed E-state index contributed by atoms with van der Waals surface area (Å²) in [7, 11) is 0. The first kappa shape index (κ1) is 42.3. The lowest BCUT2D eigenvalue weighted by atomic mass is 9.85. The number of amides is 3. The van der Waals surface area contributed by atoms with Crippen LogP contribution in [0.15, 0.2) is 54.0 Å². The zero-order valence-electron chi connectivity index (χ0n) is 32.4. The number of aliphatic hydroxyl groups is 1. The summed E-state index contributed by atoms with van der Waals surface area (Å²) in [6, 6.07) is 6.47. The van der Waals surface area contributed by atoms with Gasteiger partial charge in [0.1, 0.15) is 17.0 Å². The number of H-pyrrole nitrogens is 1. The predicted octanol–water partition coefficient (Wildman–Crippen LogP) is 4.94. The average Bonchev–Trinajstić information content (AvgIpc) is 3.78. The number of carbonyl (C=O) groups is 3. The highest BCUT2D eigenvalue weighted by molar-refractivity contribution is 7.13. The Morgan fingerprint density at radius 1 is 1.05 bits per heavy atom. The van der Waals surface area contributed by atoms with E-state index < -0.39 is 65.1 Å². The Bertz CT molecular complexity index is 2140. The molecular weight excluding hydrogens is 781 g/mol. The van der Waals surface area contributed by atoms with Gasteiger partial charge in [0.2, 0.25) is 23.2 Å². The Labute approximate surface area is 336 Å². The smallest absolute Gasteiger partial charge is 0.412 e. The molecule has 310 valence electrons. The molecule has 0 aliphatic carbocycles. The highest BCUT2D eigenvalue weighted by Crippen LogP contribution is 2.37. The molecule has 4 aromatic rings. The van der Waals surface area contributed by atoms with Crippen molar-refractivity contribution in [1.29, 1.82) is 0 Å². The molecule has 13 nitrogen and oxygen atoms in total. The Hall–Kier alpha value is -5.36. The van der Waals surface area contributed by atoms with Crippen molar-refractivity contribution in [2.75, 3.05) is 30.3 Å². The van der Waals surface area contributed by atoms with Gasteiger partial charge in [-0.2, -0.15) is 13.2 Å². The number of nitrogens with zero attached hydrogens (tertiary/aromatic N) is 4. The van der Waals surface area contributed by atoms with Crippen molar-refractivity contribution in [2.24, 2.45) is 11.3 Å². The van der Waals surface area contributed by atoms with Crippen LogP contribution in [-0.4, -0.2) is 87.0 Å². The average molecular weight is 828 g/mol. The third-order valence-electron chi connectivity index (χ3n) is 10.7. The molecule has 2 aromatic carbocycles. The number of hydrogen-bond acceptors (Lipinski definition) is 10. The van der Waals surface area contributed by atoms with Crippen LogP contribution in [0.1, 0.15) is 63.8 Å². The summed E-state index contributed by atoms with van der Waals surface area (Å²) in [6.45, 7) is 7.70. The van der Waals surface area contributed by atoms with Crippen molar-refractivity contribution in [3.63, 3.8) is 0 Å². The van der Waals surface area contributed by atoms with Crippen molar-refractivity contribution < 1.29 is 47.1 Å². The second kappa shape index (κ2) is 16.9. The molecule has 58 heavy (non-hydrogen) atoms. The number of β-amino-alcohol motifs (C(OH)–C–C–N with tert-alkyl or cyclic N) is 1. The van der Waals surface area contributed by atoms with Gasteiger partial charge in [-0.25, -0.2) is 9.37 Å². The molecule has 4 heterocycles. The van der Waals surface area contributed by atoms with Crippen molar-refractivity contribution in [3.05, 3.63) is 71.1 Å². The SMILES string of the molecule is Cc1[nH+]csc1-c1ccc(C(NC(=O)[C@@H]2C[C@@H](O)CN2C(=O)[C@@H](NC(=O)CC2CCN(c3cc(-c4cccc(F)c4O)nnc3N)CC2)C(C)(C)C)C(F)(F)F)cc1. The number of nitrogen functional groups attached to an aromatic ring is 1. The largest absolute Gasteiger partial charge is 0.504 e. The third-order valence-corrected chi connectivity index (χ3v) is 11.7. The number of anilines is 2. The van der Waals surface area contributed by atoms with Crippen LogP contribution in [0, 0.1) is 24.1 Å². The van der Waals surface area contributed by atoms with Crippen LogP contribution in [0.3, 0.4) is 0 Å². The number of likely N-dealkylation sites (tertiary alicyclic amines) is 1. The first-order valence-electron chi connectivity index (χ1n) is 18.9. The molecule has 2 aliphatic heterocycles. The lowest BCUT2D eigenvalue weighted by molar-refractivity contribution is -0.379. The number of aromatic amines is 1. The summed E-state index contributed by atoms with van der Waals surface area (Å²) in [5, 5.41) is 33.7. The second-order valence-electron chi connectivity index (χ2n) is 16.0. The molecule has 4 atom stereocenters. The Kier molecular flexibility index (Phi) is 12.3. The molecule has 2 fully saturated rings. The van der Waals surface area contributed by atoms with Gasteiger partial charge in [0.25, 0.3) is 0 Å². The maximum Gasteiger partial charge on any atom is 0.412 e. The summed E-state index contributed by atoms with van der Waals surface area (Å²) in [4.78, 5) is 48.2. The number of para-hydroxylation sites is 1. The Morgan fingerprint density at radius 3 is 2.36 bits per heavy atom. The molecule has 7 N–H and O–H groups in total. The number of aromatic nitrogens is 3. The number of alkyl halides is 3. The molecule has 6 rings (SSSR count). The Balaban J connectivity index is 1.10. The van der Waals surface area contributed by atoms with Gasteiger partial charge in [0.05, 0.1) is 17.5 Å². The second-order valence-corrected chi connectivity index (χ2v) is 16.9. The van der Waals surface area contributed by atoms with Gasteiger partial charge in [-0.1, -0.05) is 62.4 Å². The fraction of sp³-hybridized carbons (Fsp3) is 0.450. The molecule has 18 heteroatoms. The van der Waals surface area contributed by atoms with Crippen molar-refractivity contribution in [1.82, 2.24) is 25.7 Å². The standard InChI is InChI=1S/C40H46F4N8O5S/c1-21-33(58-20-46-21)23-8-10-24(11-9-23)34(40(42,43)44)48-37(56)30-17-25(53)19-52(30)38(57)35(39(2,3)4)47-31(54)16-22-12-14-51(15-13-22)29-18-28(49-50-36(29)45)26-6-5-7-27(41)32(26)55/h5-11,18,20,22,25,30,34-35,53,55H,12-17,19H2,1-4H3,(H2,45,50)(H,47,54)(H,48,56)/p+1/t25-,30+,34?,35-/m1/s1. The number of piperidine rings is 1. The van der Waals surface area contributed by atoms with Crippen LogP contribution < -0.4 is 26.3 Å². The number of benzene rings is 2. The zero-order valence-corrected chi connectivity index (χ0v) is 33.3. The number of nitrogens with two attached hydrogens (primary N) is 1. The molecular formula is C40H47F4N8O5S+. The number of nitrogens with one attached hydrogen (secondary N) is 3. The van der Waals surface area contributed by atoms with Gasteiger partial charge in [0, 0.05) is 45.0 Å². The van der Waals surface area contributed by atoms with Gasteiger partial charge in [-0.15, -0.1) is 10.2 Å². The highest BCUT2D eigenvalue weighted by atomic mass is 32.1. The summed E-state index contributed by atoms with van der Waals surface area (Å²) in [5.74, 6) is -3.47. The molecule has 2 aromatic heterocycles. The van der Waals surface area contributed by atoms with Crippen LogP contribution in [0.4, 0.5) is 29.1 Å². The van der Waals surface area contributed by atoms with Gasteiger partial charge in [0.15, 0.2) is 29.1 Å². The van der Waals surface area contributed by atoms with Crippen LogP contribution in [0.5, 0.6) is 5.75 Å². The number of halogens is 4. The number of thiazole rings is 1. The maximum absolute atomic E-state index is 14.4. The minimum Gasteiger partial charge on any atom is -0.504 e. The maximum atomic E-state index is 14.4. The van der Waals surface area contributed by atoms with E-state index in [0.717, 1.165) is 21.5 Å². The monoisotopic (exact) mass is 827 g/mol. The Morgan fingerprint density at radius 2 is 1.74 bits per heavy atom. The van der Waals surface area contributed by atoms with Gasteiger partial charge in [-0.3, -0.25) is 14.4 Å². The van der Waals surface area contributed by atoms with Gasteiger partial charge < -0.3 is 36.4 Å². The number of rotatable bonds is 10. The quantitative estimate of drug-likeness (QED) is 0.138. The molecule has 2 aliphatic rings. The summed E-state index contributed by atoms with van der Waals surface area (Å²) in [5.41, 5.74) is 9.36. The molecule has 3 amide bonds. The molecule has 0 saturated carbocycles. The number of carbonyl (C=O) groups excluding carboxylic acids is 3. The molecule has 2 saturated heterocycles. The predicted molar refractivity (Wildman–Crippen MR) is 209 cm³/mol. The van der Waals surface area contributed by atoms with Crippen LogP contribution >= 0.6 is 11.3 Å². The number of aliphatic hydroxyl groups excluding tert-OH is 1. The van der Waals surface area contributed by atoms with Crippen LogP contribution in [0.2, 0.25) is 0 Å². The van der Waals surface area contributed by atoms with Crippen molar-refractivity contribution >= 4 is 40.6 Å². The van der Waals surface area contributed by atoms with E-state index in [2.05, 4.69) is 25.8 Å². The van der Waals surface area contributed by atoms with E-state index in [9.17, 15) is 42.2 Å². The summed E-state index contributed by atoms with van der Waals surface area (Å²) < 4.78 is 57.4. The molecule has 0 spiro atoms. The normalized spacial score (nSPS) is 18.8. The topological polar surface area (TPSA) is 188 Å². The van der Waals surface area contributed by atoms with Gasteiger partial charge >= 0.3 is 6.18 Å². The summed E-state index contributed by atoms with van der Waals surface area (Å²) >= 11 is 1.41. The van der Waals surface area contributed by atoms with Crippen molar-refractivity contribution in [2.45, 2.75) is 83.8 Å². The minimum atomic E-state index is -4.87. The molecule has 0 radical (unpaired) electrons. The fourth-order valence-corrected chi connectivity index (χ4v) is 8.37. The first-order chi connectivity index (χ1) is 27.3. The highest BCUT2D eigenvalue weighted by Gasteiger charge is 2.48. The van der Waals surface area contributed by atoms with Crippen LogP contribution in [-0.2, 0) is 14.4 Å². The van der Waals surface area contributed by atoms with E-state index in [-0.39, 0.29) is 47.9 Å². The van der Waals surface area contributed by atoms with E-state index in [0.29, 0.717) is 37.2 Å². The number of hydrogen-bond donors (Lipinski definition) is 5. The summed E-state index contributed by atoms with van der Waals surface area (Å²) in [6.07, 6.45) is -5.11. The van der Waals surface area contributed by atoms with Crippen molar-refractivity contribution in [3.8, 4) is 27.4 Å². The van der Waals surface area contributed by atoms with E-state index in [1.807, 2.05) is 11.8 Å². The minimum absolute atomic E-state index is 0.0725. The lowest BCUT2D eigenvalue weighted by Gasteiger charge is -2.37. The van der Waals surface area contributed by atoms with Gasteiger partial charge in [-0.05, 0) is 53.5 Å². The van der Waals surface area contributed by atoms with E-state index >= 15 is 0 Å². The van der Waals surface area contributed by atoms with Crippen LogP contribution in [0.25, 0.3) is 21.7 Å². The molecule has 0 bridgehead atoms. The fourth-order valence-electron chi connectivity index (χ4n) is 7.51. The first-order valence-corrected chi connectivity index (χ1v) is 19.8. The molecule has 1 unspecified atom stereocenters. The van der Waals surface area contributed by atoms with E-state index in [4.69, 9.17) is 5.73 Å². The van der Waals surface area contributed by atoms with E-state index in [1.165, 1.54) is 35.6 Å². The number of phenols is 1. The number of phenolic OH excluding ortho intramolecular Hbond substituents is 1. The number of aryl methyl sites for hydroxylation is 1. The zero-order chi connectivity index (χ0) is 42.1. The van der Waals surface area contributed by atoms with E-state index in [1.54, 1.807) is 44.5 Å². The lowest BCUT2D eigenvalue weighted by Crippen LogP contribution is -2.58. The number of aromatic hydroxyl groups is 1. The third kappa shape index (κ3) is 9.33.